The van der Waals surface area contributed by atoms with E-state index in [1.807, 2.05) is 11.8 Å². The smallest absolute Gasteiger partial charge is 0.332 e. The molecule has 0 aliphatic heterocycles. The first-order chi connectivity index (χ1) is 9.02. The van der Waals surface area contributed by atoms with Crippen LogP contribution in [0.2, 0.25) is 5.28 Å². The first kappa shape index (κ1) is 14.0. The zero-order valence-electron chi connectivity index (χ0n) is 11.1. The first-order valence-electron chi connectivity index (χ1n) is 6.46. The van der Waals surface area contributed by atoms with Crippen LogP contribution in [0.25, 0.3) is 0 Å². The largest absolute Gasteiger partial charge is 0.350 e. The molecule has 7 heteroatoms. The van der Waals surface area contributed by atoms with Gasteiger partial charge in [0.2, 0.25) is 11.1 Å². The third kappa shape index (κ3) is 3.32. The summed E-state index contributed by atoms with van der Waals surface area (Å²) in [6.45, 7) is 5.18. The molecule has 0 saturated heterocycles. The molecule has 1 saturated carbocycles. The summed E-state index contributed by atoms with van der Waals surface area (Å²) in [5, 5.41) is 11.3. The summed E-state index contributed by atoms with van der Waals surface area (Å²) in [5.74, 6) is 0.983. The highest BCUT2D eigenvalue weighted by Crippen LogP contribution is 2.35. The van der Waals surface area contributed by atoms with Crippen molar-refractivity contribution in [3.05, 3.63) is 21.1 Å². The molecule has 104 valence electrons. The van der Waals surface area contributed by atoms with Crippen LogP contribution in [0.5, 0.6) is 0 Å². The molecule has 0 radical (unpaired) electrons. The molecule has 0 amide bonds. The van der Waals surface area contributed by atoms with Crippen molar-refractivity contribution in [2.75, 3.05) is 18.0 Å². The second-order valence-electron chi connectivity index (χ2n) is 4.90. The van der Waals surface area contributed by atoms with Gasteiger partial charge in [-0.25, -0.2) is 4.98 Å². The molecular weight excluding hydrogens is 268 g/mol. The van der Waals surface area contributed by atoms with Crippen LogP contribution in [0.15, 0.2) is 0 Å². The Morgan fingerprint density at radius 1 is 1.47 bits per heavy atom. The quantitative estimate of drug-likeness (QED) is 0.456. The Morgan fingerprint density at radius 3 is 2.68 bits per heavy atom. The molecule has 2 rings (SSSR count). The summed E-state index contributed by atoms with van der Waals surface area (Å²) < 4.78 is 0. The van der Waals surface area contributed by atoms with E-state index in [0.717, 1.165) is 19.5 Å². The number of anilines is 1. The number of halogens is 1. The highest BCUT2D eigenvalue weighted by atomic mass is 35.5. The zero-order valence-corrected chi connectivity index (χ0v) is 11.9. The van der Waals surface area contributed by atoms with Crippen LogP contribution in [0.1, 0.15) is 31.9 Å². The van der Waals surface area contributed by atoms with Gasteiger partial charge in [-0.05, 0) is 43.7 Å². The second-order valence-corrected chi connectivity index (χ2v) is 5.23. The Kier molecular flexibility index (Phi) is 4.19. The van der Waals surface area contributed by atoms with E-state index in [-0.39, 0.29) is 11.0 Å². The Morgan fingerprint density at radius 2 is 2.16 bits per heavy atom. The predicted molar refractivity (Wildman–Crippen MR) is 73.7 cm³/mol. The average Bonchev–Trinajstić information content (AvgIpc) is 3.10. The van der Waals surface area contributed by atoms with Crippen molar-refractivity contribution in [1.82, 2.24) is 9.97 Å². The van der Waals surface area contributed by atoms with Crippen molar-refractivity contribution in [2.24, 2.45) is 5.92 Å². The van der Waals surface area contributed by atoms with E-state index in [4.69, 9.17) is 11.6 Å². The minimum atomic E-state index is -0.420. The number of hydrogen-bond acceptors (Lipinski definition) is 5. The fourth-order valence-corrected chi connectivity index (χ4v) is 2.33. The van der Waals surface area contributed by atoms with Crippen LogP contribution in [0, 0.1) is 23.0 Å². The van der Waals surface area contributed by atoms with E-state index in [2.05, 4.69) is 9.97 Å². The minimum absolute atomic E-state index is 0.0292. The topological polar surface area (TPSA) is 72.2 Å². The fourth-order valence-electron chi connectivity index (χ4n) is 2.12. The van der Waals surface area contributed by atoms with Crippen molar-refractivity contribution in [2.45, 2.75) is 33.1 Å². The lowest BCUT2D eigenvalue weighted by Crippen LogP contribution is -2.28. The van der Waals surface area contributed by atoms with Gasteiger partial charge in [-0.3, -0.25) is 10.1 Å². The fraction of sp³-hybridized carbons (Fsp3) is 0.667. The molecule has 0 spiro atoms. The normalized spacial score (nSPS) is 14.5. The van der Waals surface area contributed by atoms with E-state index < -0.39 is 4.92 Å². The van der Waals surface area contributed by atoms with Gasteiger partial charge in [-0.2, -0.15) is 4.98 Å². The molecule has 0 aromatic carbocycles. The molecule has 1 aliphatic rings. The SMILES string of the molecule is CCCN(CC1CC1)c1nc(Cl)nc(C)c1[N+](=O)[O-]. The van der Waals surface area contributed by atoms with Gasteiger partial charge < -0.3 is 4.90 Å². The van der Waals surface area contributed by atoms with E-state index in [1.54, 1.807) is 6.92 Å². The highest BCUT2D eigenvalue weighted by Gasteiger charge is 2.30. The van der Waals surface area contributed by atoms with E-state index >= 15 is 0 Å². The van der Waals surface area contributed by atoms with Crippen molar-refractivity contribution in [3.8, 4) is 0 Å². The third-order valence-corrected chi connectivity index (χ3v) is 3.33. The standard InChI is InChI=1S/C12H17ClN4O2/c1-3-6-16(7-9-4-5-9)11-10(17(18)19)8(2)14-12(13)15-11/h9H,3-7H2,1-2H3. The summed E-state index contributed by atoms with van der Waals surface area (Å²) >= 11 is 5.85. The summed E-state index contributed by atoms with van der Waals surface area (Å²) in [7, 11) is 0. The Bertz CT molecular complexity index is 491. The molecule has 0 N–H and O–H groups in total. The predicted octanol–water partition coefficient (Wildman–Crippen LogP) is 2.97. The summed E-state index contributed by atoms with van der Waals surface area (Å²) in [5.41, 5.74) is 0.287. The summed E-state index contributed by atoms with van der Waals surface area (Å²) in [6, 6.07) is 0. The van der Waals surface area contributed by atoms with Gasteiger partial charge in [0, 0.05) is 13.1 Å². The lowest BCUT2D eigenvalue weighted by molar-refractivity contribution is -0.385. The molecule has 0 bridgehead atoms. The second kappa shape index (κ2) is 5.69. The van der Waals surface area contributed by atoms with Crippen LogP contribution in [-0.4, -0.2) is 28.0 Å². The number of aryl methyl sites for hydroxylation is 1. The van der Waals surface area contributed by atoms with Gasteiger partial charge >= 0.3 is 5.69 Å². The van der Waals surface area contributed by atoms with Crippen LogP contribution < -0.4 is 4.90 Å². The molecular formula is C12H17ClN4O2. The molecule has 1 aromatic rings. The van der Waals surface area contributed by atoms with Crippen molar-refractivity contribution >= 4 is 23.1 Å². The lowest BCUT2D eigenvalue weighted by atomic mass is 10.2. The van der Waals surface area contributed by atoms with Crippen molar-refractivity contribution in [1.29, 1.82) is 0 Å². The van der Waals surface area contributed by atoms with Crippen LogP contribution in [0.4, 0.5) is 11.5 Å². The van der Waals surface area contributed by atoms with Gasteiger partial charge in [-0.1, -0.05) is 6.92 Å². The van der Waals surface area contributed by atoms with E-state index in [9.17, 15) is 10.1 Å². The Balaban J connectivity index is 2.40. The van der Waals surface area contributed by atoms with Gasteiger partial charge in [-0.15, -0.1) is 0 Å². The Labute approximate surface area is 117 Å². The number of nitro groups is 1. The molecule has 0 atom stereocenters. The summed E-state index contributed by atoms with van der Waals surface area (Å²) in [4.78, 5) is 20.7. The van der Waals surface area contributed by atoms with Gasteiger partial charge in [0.15, 0.2) is 0 Å². The maximum atomic E-state index is 11.2. The van der Waals surface area contributed by atoms with Crippen molar-refractivity contribution in [3.63, 3.8) is 0 Å². The van der Waals surface area contributed by atoms with Gasteiger partial charge in [0.25, 0.3) is 0 Å². The minimum Gasteiger partial charge on any atom is -0.350 e. The maximum absolute atomic E-state index is 11.2. The van der Waals surface area contributed by atoms with Crippen molar-refractivity contribution < 1.29 is 4.92 Å². The van der Waals surface area contributed by atoms with Gasteiger partial charge in [0.1, 0.15) is 5.69 Å². The lowest BCUT2D eigenvalue weighted by Gasteiger charge is -2.23. The molecule has 1 aliphatic carbocycles. The monoisotopic (exact) mass is 284 g/mol. The van der Waals surface area contributed by atoms with Crippen LogP contribution in [0.3, 0.4) is 0 Å². The van der Waals surface area contributed by atoms with E-state index in [1.165, 1.54) is 12.8 Å². The first-order valence-corrected chi connectivity index (χ1v) is 6.84. The maximum Gasteiger partial charge on any atom is 0.332 e. The van der Waals surface area contributed by atoms with Crippen LogP contribution in [-0.2, 0) is 0 Å². The Hall–Kier alpha value is -1.43. The van der Waals surface area contributed by atoms with E-state index in [0.29, 0.717) is 17.4 Å². The molecule has 1 fully saturated rings. The molecule has 0 unspecified atom stereocenters. The molecule has 19 heavy (non-hydrogen) atoms. The number of aromatic nitrogens is 2. The molecule has 1 heterocycles. The highest BCUT2D eigenvalue weighted by molar-refractivity contribution is 6.28. The molecule has 6 nitrogen and oxygen atoms in total. The van der Waals surface area contributed by atoms with Crippen LogP contribution >= 0.6 is 11.6 Å². The third-order valence-electron chi connectivity index (χ3n) is 3.16. The molecule has 1 aromatic heterocycles. The number of rotatable bonds is 6. The number of hydrogen-bond donors (Lipinski definition) is 0. The summed E-state index contributed by atoms with van der Waals surface area (Å²) in [6.07, 6.45) is 3.28. The number of nitrogens with zero attached hydrogens (tertiary/aromatic N) is 4. The average molecular weight is 285 g/mol. The zero-order chi connectivity index (χ0) is 14.0. The van der Waals surface area contributed by atoms with Gasteiger partial charge in [0.05, 0.1) is 4.92 Å².